The van der Waals surface area contributed by atoms with Crippen LogP contribution < -0.4 is 0 Å². The van der Waals surface area contributed by atoms with Gasteiger partial charge in [0.2, 0.25) is 0 Å². The van der Waals surface area contributed by atoms with E-state index in [0.29, 0.717) is 0 Å². The minimum Gasteiger partial charge on any atom is -0.498 e. The van der Waals surface area contributed by atoms with Gasteiger partial charge in [-0.1, -0.05) is 83.7 Å². The van der Waals surface area contributed by atoms with E-state index in [1.165, 1.54) is 27.5 Å². The predicted molar refractivity (Wildman–Crippen MR) is 197 cm³/mol. The maximum absolute atomic E-state index is 6.53. The maximum Gasteiger partial charge on any atom is 0.147 e. The molecule has 0 bridgehead atoms. The van der Waals surface area contributed by atoms with Gasteiger partial charge in [-0.25, -0.2) is 4.98 Å². The Morgan fingerprint density at radius 2 is 1.39 bits per heavy atom. The van der Waals surface area contributed by atoms with Gasteiger partial charge in [-0.05, 0) is 77.3 Å². The van der Waals surface area contributed by atoms with Crippen LogP contribution in [0.2, 0.25) is 0 Å². The normalized spacial score (nSPS) is 11.0. The summed E-state index contributed by atoms with van der Waals surface area (Å²) in [7, 11) is 0. The minimum atomic E-state index is 0. The molecule has 9 rings (SSSR count). The third-order valence-corrected chi connectivity index (χ3v) is 8.90. The van der Waals surface area contributed by atoms with Gasteiger partial charge < -0.3 is 14.4 Å². The Bertz CT molecular complexity index is 2560. The zero-order valence-electron chi connectivity index (χ0n) is 27.3. The van der Waals surface area contributed by atoms with Gasteiger partial charge in [0.1, 0.15) is 11.1 Å². The largest absolute Gasteiger partial charge is 0.498 e. The fraction of sp³-hybridized carbons (Fsp3) is 0.0682. The number of pyridine rings is 3. The molecule has 0 fully saturated rings. The molecule has 0 N–H and O–H groups in total. The van der Waals surface area contributed by atoms with Crippen molar-refractivity contribution in [2.24, 2.45) is 0 Å². The van der Waals surface area contributed by atoms with E-state index in [9.17, 15) is 0 Å². The van der Waals surface area contributed by atoms with Gasteiger partial charge >= 0.3 is 0 Å². The molecule has 5 heteroatoms. The Balaban J connectivity index is 0.000000246. The fourth-order valence-electron chi connectivity index (χ4n) is 6.41. The molecule has 239 valence electrons. The monoisotopic (exact) mass is 810 g/mol. The quantitative estimate of drug-likeness (QED) is 0.167. The molecule has 5 aromatic carbocycles. The van der Waals surface area contributed by atoms with Crippen molar-refractivity contribution in [2.75, 3.05) is 0 Å². The number of hydrogen-bond acceptors (Lipinski definition) is 4. The van der Waals surface area contributed by atoms with Crippen LogP contribution >= 0.6 is 0 Å². The summed E-state index contributed by atoms with van der Waals surface area (Å²) in [4.78, 5) is 13.8. The third kappa shape index (κ3) is 6.04. The number of rotatable bonds is 3. The summed E-state index contributed by atoms with van der Waals surface area (Å²) >= 11 is 0. The first-order valence-electron chi connectivity index (χ1n) is 16.0. The smallest absolute Gasteiger partial charge is 0.147 e. The first-order chi connectivity index (χ1) is 23.5. The second-order valence-electron chi connectivity index (χ2n) is 12.0. The zero-order chi connectivity index (χ0) is 32.6. The van der Waals surface area contributed by atoms with Crippen LogP contribution in [-0.4, -0.2) is 15.0 Å². The predicted octanol–water partition coefficient (Wildman–Crippen LogP) is 11.3. The second-order valence-corrected chi connectivity index (χ2v) is 12.0. The molecule has 4 aromatic heterocycles. The molecule has 0 amide bonds. The van der Waals surface area contributed by atoms with E-state index in [-0.39, 0.29) is 20.1 Å². The van der Waals surface area contributed by atoms with Crippen LogP contribution in [-0.2, 0) is 20.1 Å². The number of hydrogen-bond donors (Lipinski definition) is 0. The van der Waals surface area contributed by atoms with Gasteiger partial charge in [-0.3, -0.25) is 0 Å². The molecule has 0 spiro atoms. The molecule has 9 aromatic rings. The van der Waals surface area contributed by atoms with Crippen LogP contribution in [0.1, 0.15) is 16.8 Å². The van der Waals surface area contributed by atoms with Crippen molar-refractivity contribution in [1.29, 1.82) is 0 Å². The van der Waals surface area contributed by atoms with Gasteiger partial charge in [0.25, 0.3) is 0 Å². The molecule has 0 saturated heterocycles. The Morgan fingerprint density at radius 3 is 2.22 bits per heavy atom. The van der Waals surface area contributed by atoms with Gasteiger partial charge in [0.15, 0.2) is 0 Å². The Kier molecular flexibility index (Phi) is 8.88. The molecule has 4 nitrogen and oxygen atoms in total. The maximum atomic E-state index is 6.53. The molecule has 49 heavy (non-hydrogen) atoms. The topological polar surface area (TPSA) is 51.8 Å². The Morgan fingerprint density at radius 1 is 0.592 bits per heavy atom. The van der Waals surface area contributed by atoms with Crippen LogP contribution in [0, 0.1) is 32.9 Å². The number of fused-ring (bicyclic) bond motifs is 6. The molecule has 0 atom stereocenters. The van der Waals surface area contributed by atoms with E-state index in [0.717, 1.165) is 66.6 Å². The number of furan rings is 1. The molecular weight excluding hydrogens is 779 g/mol. The standard InChI is InChI=1S/C33H23N2O.C11H8N.Ir/c1-19-18-34-30(17-29(19)25-15-13-22-7-4-5-8-24(22)21(25)3)28-10-6-9-26-27-16-14-23-12-11-20(2)35-31(23)33(27)36-32(26)28;1-2-6-10(7-3-1)11-8-4-5-9-12-11;/h4-9,11-18H,1-3H3;1-6,8-9H;/q2*-1;. The van der Waals surface area contributed by atoms with Crippen molar-refractivity contribution in [3.8, 4) is 33.6 Å². The SMILES string of the molecule is Cc1ccc2ccc3c4cc[c-]c(-c5cc(-c6ccc7ccccc7c6C)c(C)cn5)c4oc3c2n1.[Ir].[c-]1ccccc1-c1ccccn1. The van der Waals surface area contributed by atoms with Crippen molar-refractivity contribution >= 4 is 43.6 Å². The second kappa shape index (κ2) is 13.6. The average molecular weight is 810 g/mol. The van der Waals surface area contributed by atoms with Crippen molar-refractivity contribution in [3.63, 3.8) is 0 Å². The summed E-state index contributed by atoms with van der Waals surface area (Å²) in [5.74, 6) is 0. The third-order valence-electron chi connectivity index (χ3n) is 8.90. The van der Waals surface area contributed by atoms with Crippen molar-refractivity contribution < 1.29 is 24.5 Å². The van der Waals surface area contributed by atoms with E-state index >= 15 is 0 Å². The number of aryl methyl sites for hydroxylation is 3. The summed E-state index contributed by atoms with van der Waals surface area (Å²) in [6.45, 7) is 6.32. The summed E-state index contributed by atoms with van der Waals surface area (Å²) in [5.41, 5.74) is 12.0. The molecular formula is C44H31IrN3O-2. The van der Waals surface area contributed by atoms with Crippen LogP contribution in [0.25, 0.3) is 77.3 Å². The molecule has 0 aliphatic heterocycles. The molecule has 1 radical (unpaired) electrons. The van der Waals surface area contributed by atoms with E-state index < -0.39 is 0 Å². The van der Waals surface area contributed by atoms with Gasteiger partial charge in [0.05, 0.1) is 5.58 Å². The van der Waals surface area contributed by atoms with E-state index in [4.69, 9.17) is 14.4 Å². The van der Waals surface area contributed by atoms with Crippen LogP contribution in [0.4, 0.5) is 0 Å². The Hall–Kier alpha value is -5.48. The Labute approximate surface area is 298 Å². The molecule has 0 aliphatic rings. The van der Waals surface area contributed by atoms with Crippen LogP contribution in [0.15, 0.2) is 138 Å². The number of benzene rings is 5. The first-order valence-corrected chi connectivity index (χ1v) is 16.0. The van der Waals surface area contributed by atoms with Crippen LogP contribution in [0.3, 0.4) is 0 Å². The number of aromatic nitrogens is 3. The number of nitrogens with zero attached hydrogens (tertiary/aromatic N) is 3. The van der Waals surface area contributed by atoms with Gasteiger partial charge in [0, 0.05) is 49.0 Å². The molecule has 0 unspecified atom stereocenters. The summed E-state index contributed by atoms with van der Waals surface area (Å²) in [6.07, 6.45) is 3.74. The van der Waals surface area contributed by atoms with Crippen molar-refractivity contribution in [3.05, 3.63) is 163 Å². The fourth-order valence-corrected chi connectivity index (χ4v) is 6.41. The van der Waals surface area contributed by atoms with Crippen molar-refractivity contribution in [2.45, 2.75) is 20.8 Å². The van der Waals surface area contributed by atoms with E-state index in [2.05, 4.69) is 97.7 Å². The summed E-state index contributed by atoms with van der Waals surface area (Å²) in [5, 5.41) is 5.70. The van der Waals surface area contributed by atoms with Gasteiger partial charge in [-0.2, -0.15) is 0 Å². The molecule has 0 aliphatic carbocycles. The average Bonchev–Trinajstić information content (AvgIpc) is 3.53. The van der Waals surface area contributed by atoms with E-state index in [1.807, 2.05) is 67.7 Å². The first kappa shape index (κ1) is 32.1. The summed E-state index contributed by atoms with van der Waals surface area (Å²) in [6, 6.07) is 47.7. The zero-order valence-corrected chi connectivity index (χ0v) is 29.7. The van der Waals surface area contributed by atoms with Crippen molar-refractivity contribution in [1.82, 2.24) is 15.0 Å². The molecule has 4 heterocycles. The molecule has 0 saturated carbocycles. The van der Waals surface area contributed by atoms with E-state index in [1.54, 1.807) is 6.20 Å². The minimum absolute atomic E-state index is 0. The van der Waals surface area contributed by atoms with Gasteiger partial charge in [-0.15, -0.1) is 54.1 Å². The van der Waals surface area contributed by atoms with Crippen LogP contribution in [0.5, 0.6) is 0 Å². The summed E-state index contributed by atoms with van der Waals surface area (Å²) < 4.78 is 6.53.